The predicted octanol–water partition coefficient (Wildman–Crippen LogP) is 14.9. The van der Waals surface area contributed by atoms with E-state index in [0.29, 0.717) is 17.3 Å². The Morgan fingerprint density at radius 2 is 1.15 bits per heavy atom. The maximum atomic E-state index is 3.83. The largest absolute Gasteiger partial charge is 0.103 e. The summed E-state index contributed by atoms with van der Waals surface area (Å²) in [6.07, 6.45) is 14.9. The molecule has 0 aromatic heterocycles. The van der Waals surface area contributed by atoms with Crippen molar-refractivity contribution in [2.45, 2.75) is 162 Å². The second-order valence-electron chi connectivity index (χ2n) is 11.0. The van der Waals surface area contributed by atoms with Crippen LogP contribution in [0.25, 0.3) is 0 Å². The topological polar surface area (TPSA) is 0 Å². The van der Waals surface area contributed by atoms with Gasteiger partial charge in [-0.05, 0) is 88.5 Å². The van der Waals surface area contributed by atoms with Crippen molar-refractivity contribution in [2.24, 2.45) is 11.3 Å². The average molecular weight is 557 g/mol. The predicted molar refractivity (Wildman–Crippen MR) is 194 cm³/mol. The molecular weight excluding hydrogens is 480 g/mol. The Labute approximate surface area is 256 Å². The van der Waals surface area contributed by atoms with Crippen molar-refractivity contribution in [3.8, 4) is 0 Å². The molecule has 1 aromatic rings. The van der Waals surface area contributed by atoms with E-state index in [1.165, 1.54) is 67.2 Å². The van der Waals surface area contributed by atoms with Gasteiger partial charge in [-0.1, -0.05) is 162 Å². The average Bonchev–Trinajstić information content (AvgIpc) is 2.99. The van der Waals surface area contributed by atoms with Crippen molar-refractivity contribution in [3.05, 3.63) is 84.0 Å². The Kier molecular flexibility index (Phi) is 42.2. The smallest absolute Gasteiger partial charge is 0.0180 e. The van der Waals surface area contributed by atoms with Crippen molar-refractivity contribution in [1.82, 2.24) is 0 Å². The van der Waals surface area contributed by atoms with Crippen LogP contribution in [0.5, 0.6) is 0 Å². The Morgan fingerprint density at radius 1 is 0.750 bits per heavy atom. The maximum absolute atomic E-state index is 3.83. The molecule has 0 fully saturated rings. The van der Waals surface area contributed by atoms with Gasteiger partial charge in [-0.15, -0.1) is 6.58 Å². The lowest BCUT2D eigenvalue weighted by Gasteiger charge is -2.14. The van der Waals surface area contributed by atoms with Crippen LogP contribution in [0.3, 0.4) is 0 Å². The third-order valence-electron chi connectivity index (χ3n) is 7.12. The molecule has 0 aliphatic rings. The quantitative estimate of drug-likeness (QED) is 0.251. The van der Waals surface area contributed by atoms with E-state index in [4.69, 9.17) is 0 Å². The molecule has 0 N–H and O–H groups in total. The van der Waals surface area contributed by atoms with Crippen LogP contribution in [0.2, 0.25) is 0 Å². The molecule has 1 aromatic carbocycles. The lowest BCUT2D eigenvalue weighted by Crippen LogP contribution is -2.02. The summed E-state index contributed by atoms with van der Waals surface area (Å²) in [5.74, 6) is 1.42. The van der Waals surface area contributed by atoms with E-state index in [9.17, 15) is 0 Å². The monoisotopic (exact) mass is 557 g/mol. The van der Waals surface area contributed by atoms with Crippen LogP contribution < -0.4 is 0 Å². The van der Waals surface area contributed by atoms with E-state index < -0.39 is 0 Å². The van der Waals surface area contributed by atoms with E-state index in [-0.39, 0.29) is 0 Å². The molecule has 0 amide bonds. The summed E-state index contributed by atoms with van der Waals surface area (Å²) in [6, 6.07) is 10.6. The van der Waals surface area contributed by atoms with Gasteiger partial charge in [0.25, 0.3) is 0 Å². The lowest BCUT2D eigenvalue weighted by molar-refractivity contribution is 0.463. The molecule has 0 aliphatic heterocycles. The van der Waals surface area contributed by atoms with Crippen LogP contribution in [0.1, 0.15) is 167 Å². The van der Waals surface area contributed by atoms with Gasteiger partial charge in [-0.3, -0.25) is 0 Å². The fourth-order valence-electron chi connectivity index (χ4n) is 2.50. The fraction of sp³-hybridized carbons (Fsp3) is 0.650. The highest BCUT2D eigenvalue weighted by molar-refractivity contribution is 5.18. The number of benzene rings is 1. The second kappa shape index (κ2) is 35.2. The molecule has 0 heteroatoms. The van der Waals surface area contributed by atoms with E-state index in [0.717, 1.165) is 0 Å². The summed E-state index contributed by atoms with van der Waals surface area (Å²) in [6.45, 7) is 42.0. The van der Waals surface area contributed by atoms with E-state index in [2.05, 4.69) is 153 Å². The van der Waals surface area contributed by atoms with E-state index in [1.807, 2.05) is 19.9 Å². The van der Waals surface area contributed by atoms with Crippen LogP contribution in [-0.2, 0) is 0 Å². The molecule has 0 nitrogen and oxygen atoms in total. The molecule has 0 bridgehead atoms. The normalized spacial score (nSPS) is 12.0. The molecule has 0 spiro atoms. The Balaban J connectivity index is -0.000000127. The molecule has 0 saturated heterocycles. The number of hydrogen-bond acceptors (Lipinski definition) is 0. The van der Waals surface area contributed by atoms with Gasteiger partial charge in [-0.2, -0.15) is 0 Å². The number of hydrogen-bond donors (Lipinski definition) is 0. The Morgan fingerprint density at radius 3 is 1.30 bits per heavy atom. The van der Waals surface area contributed by atoms with Gasteiger partial charge in [0.2, 0.25) is 0 Å². The van der Waals surface area contributed by atoms with Gasteiger partial charge in [0.15, 0.2) is 0 Å². The van der Waals surface area contributed by atoms with Crippen LogP contribution in [-0.4, -0.2) is 0 Å². The van der Waals surface area contributed by atoms with Crippen molar-refractivity contribution in [2.75, 3.05) is 0 Å². The third-order valence-corrected chi connectivity index (χ3v) is 7.12. The lowest BCUT2D eigenvalue weighted by atomic mass is 9.91. The summed E-state index contributed by atoms with van der Waals surface area (Å²) in [7, 11) is 0. The van der Waals surface area contributed by atoms with Crippen molar-refractivity contribution >= 4 is 0 Å². The minimum absolute atomic E-state index is 0.347. The molecular formula is C40H76. The highest BCUT2D eigenvalue weighted by atomic mass is 14.1. The molecule has 2 unspecified atom stereocenters. The zero-order valence-corrected chi connectivity index (χ0v) is 30.6. The van der Waals surface area contributed by atoms with Gasteiger partial charge in [-0.25, -0.2) is 0 Å². The molecule has 40 heavy (non-hydrogen) atoms. The van der Waals surface area contributed by atoms with Crippen LogP contribution in [0, 0.1) is 11.3 Å². The zero-order chi connectivity index (χ0) is 32.6. The summed E-state index contributed by atoms with van der Waals surface area (Å²) >= 11 is 0. The minimum atomic E-state index is 0.347. The summed E-state index contributed by atoms with van der Waals surface area (Å²) in [4.78, 5) is 0. The second-order valence-corrected chi connectivity index (χ2v) is 11.0. The van der Waals surface area contributed by atoms with Gasteiger partial charge in [0.05, 0.1) is 0 Å². The summed E-state index contributed by atoms with van der Waals surface area (Å²) in [5.41, 5.74) is 6.09. The van der Waals surface area contributed by atoms with Gasteiger partial charge >= 0.3 is 0 Å². The van der Waals surface area contributed by atoms with Crippen LogP contribution in [0.15, 0.2) is 78.4 Å². The van der Waals surface area contributed by atoms with E-state index >= 15 is 0 Å². The first-order valence-corrected chi connectivity index (χ1v) is 16.4. The Bertz CT molecular complexity index is 679. The molecule has 0 saturated carbocycles. The minimum Gasteiger partial charge on any atom is -0.103 e. The van der Waals surface area contributed by atoms with Gasteiger partial charge in [0.1, 0.15) is 0 Å². The molecule has 0 heterocycles. The van der Waals surface area contributed by atoms with E-state index in [1.54, 1.807) is 0 Å². The number of rotatable bonds is 10. The first-order chi connectivity index (χ1) is 18.8. The molecule has 0 aliphatic carbocycles. The standard InChI is InChI=1S/C10H14.4C7H14.C2H6/c1-3-9(2)10-7-5-4-6-8-10;1-5-7(3,4)6-2;1-5-7(4)6(2)3;2*1-4-6-7(3)5-2;1-2/h4-9H,3H2,1-2H3;5H,1,6H2,2-4H3;7H,2,5H2,1,3-4H3;2*6H,4-5H2,1-3H3;1-2H3/b;;;7-6+;7-6-;. The Hall–Kier alpha value is -1.82. The van der Waals surface area contributed by atoms with Gasteiger partial charge < -0.3 is 0 Å². The maximum Gasteiger partial charge on any atom is -0.0180 e. The zero-order valence-electron chi connectivity index (χ0n) is 30.6. The summed E-state index contributed by atoms with van der Waals surface area (Å²) < 4.78 is 0. The van der Waals surface area contributed by atoms with Crippen LogP contribution >= 0.6 is 0 Å². The summed E-state index contributed by atoms with van der Waals surface area (Å²) in [5, 5.41) is 0. The first kappa shape index (κ1) is 47.9. The highest BCUT2D eigenvalue weighted by Crippen LogP contribution is 2.19. The molecule has 0 radical (unpaired) electrons. The molecule has 2 atom stereocenters. The van der Waals surface area contributed by atoms with Gasteiger partial charge in [0, 0.05) is 0 Å². The SMILES string of the molecule is C=C(C)C(C)CC.C=CC(C)(C)CC.CC.CC/C=C(/C)CC.CC/C=C(\C)CC.CCC(C)c1ccccc1. The van der Waals surface area contributed by atoms with Crippen molar-refractivity contribution in [3.63, 3.8) is 0 Å². The number of allylic oxidation sites excluding steroid dienone is 6. The van der Waals surface area contributed by atoms with Crippen molar-refractivity contribution in [1.29, 1.82) is 0 Å². The molecule has 236 valence electrons. The fourth-order valence-corrected chi connectivity index (χ4v) is 2.50. The first-order valence-electron chi connectivity index (χ1n) is 16.4. The highest BCUT2D eigenvalue weighted by Gasteiger charge is 2.06. The molecule has 1 rings (SSSR count). The third kappa shape index (κ3) is 38.3. The van der Waals surface area contributed by atoms with Crippen molar-refractivity contribution < 1.29 is 0 Å². The van der Waals surface area contributed by atoms with Crippen LogP contribution in [0.4, 0.5) is 0 Å².